The minimum atomic E-state index is -0.237. The van der Waals surface area contributed by atoms with Gasteiger partial charge in [-0.05, 0) is 60.5 Å². The van der Waals surface area contributed by atoms with Crippen molar-refractivity contribution in [3.8, 4) is 11.5 Å². The summed E-state index contributed by atoms with van der Waals surface area (Å²) in [6, 6.07) is 11.1. The van der Waals surface area contributed by atoms with E-state index in [-0.39, 0.29) is 17.3 Å². The zero-order chi connectivity index (χ0) is 16.7. The van der Waals surface area contributed by atoms with Crippen LogP contribution in [-0.2, 0) is 12.8 Å². The molecule has 4 N–H and O–H groups in total. The summed E-state index contributed by atoms with van der Waals surface area (Å²) in [5.74, 6) is -0.485. The number of halogens is 1. The average molecular weight is 334 g/mol. The molecule has 122 valence electrons. The Labute approximate surface area is 140 Å². The number of hydrogen-bond acceptors (Lipinski definition) is 3. The first kappa shape index (κ1) is 17.0. The number of nitrogens with one attached hydrogen (secondary N) is 2. The summed E-state index contributed by atoms with van der Waals surface area (Å²) in [7, 11) is 0. The van der Waals surface area contributed by atoms with Crippen molar-refractivity contribution in [2.75, 3.05) is 13.1 Å². The molecule has 0 spiro atoms. The van der Waals surface area contributed by atoms with Gasteiger partial charge in [0.1, 0.15) is 5.82 Å². The Morgan fingerprint density at radius 3 is 2.04 bits per heavy atom. The van der Waals surface area contributed by atoms with Crippen LogP contribution < -0.4 is 10.6 Å². The van der Waals surface area contributed by atoms with Gasteiger partial charge in [0.25, 0.3) is 0 Å². The first-order valence-corrected chi connectivity index (χ1v) is 7.72. The third kappa shape index (κ3) is 5.75. The molecule has 0 aliphatic rings. The van der Waals surface area contributed by atoms with Crippen molar-refractivity contribution in [2.45, 2.75) is 12.8 Å². The maximum atomic E-state index is 12.8. The molecule has 4 nitrogen and oxygen atoms in total. The maximum Gasteiger partial charge on any atom is 0.166 e. The largest absolute Gasteiger partial charge is 0.504 e. The predicted octanol–water partition coefficient (Wildman–Crippen LogP) is 2.49. The normalized spacial score (nSPS) is 10.3. The second kappa shape index (κ2) is 8.33. The summed E-state index contributed by atoms with van der Waals surface area (Å²) in [6.45, 7) is 1.28. The van der Waals surface area contributed by atoms with Crippen LogP contribution in [0.1, 0.15) is 11.1 Å². The minimum absolute atomic E-state index is 0.123. The smallest absolute Gasteiger partial charge is 0.166 e. The van der Waals surface area contributed by atoms with Crippen LogP contribution in [0.3, 0.4) is 0 Å². The summed E-state index contributed by atoms with van der Waals surface area (Å²) in [5, 5.41) is 25.4. The van der Waals surface area contributed by atoms with Gasteiger partial charge in [0, 0.05) is 13.1 Å². The molecule has 0 atom stereocenters. The summed E-state index contributed by atoms with van der Waals surface area (Å²) >= 11 is 5.18. The first-order valence-electron chi connectivity index (χ1n) is 7.31. The number of rotatable bonds is 6. The van der Waals surface area contributed by atoms with Crippen LogP contribution in [0.4, 0.5) is 4.39 Å². The molecule has 23 heavy (non-hydrogen) atoms. The van der Waals surface area contributed by atoms with Gasteiger partial charge in [-0.1, -0.05) is 18.2 Å². The highest BCUT2D eigenvalue weighted by molar-refractivity contribution is 7.80. The molecule has 0 unspecified atom stereocenters. The third-order valence-electron chi connectivity index (χ3n) is 3.35. The Morgan fingerprint density at radius 2 is 1.43 bits per heavy atom. The number of thiocarbonyl (C=S) groups is 1. The third-order valence-corrected chi connectivity index (χ3v) is 3.64. The van der Waals surface area contributed by atoms with Gasteiger partial charge in [0.05, 0.1) is 0 Å². The van der Waals surface area contributed by atoms with Crippen molar-refractivity contribution in [2.24, 2.45) is 0 Å². The van der Waals surface area contributed by atoms with Crippen LogP contribution in [0.2, 0.25) is 0 Å². The van der Waals surface area contributed by atoms with E-state index in [1.165, 1.54) is 24.3 Å². The van der Waals surface area contributed by atoms with Gasteiger partial charge >= 0.3 is 0 Å². The fraction of sp³-hybridized carbons (Fsp3) is 0.235. The van der Waals surface area contributed by atoms with Crippen LogP contribution in [0.15, 0.2) is 42.5 Å². The van der Waals surface area contributed by atoms with E-state index < -0.39 is 0 Å². The molecule has 2 rings (SSSR count). The van der Waals surface area contributed by atoms with Gasteiger partial charge in [0.15, 0.2) is 16.6 Å². The fourth-order valence-corrected chi connectivity index (χ4v) is 2.28. The summed E-state index contributed by atoms with van der Waals surface area (Å²) in [5.41, 5.74) is 1.95. The molecular formula is C17H19FN2O2S. The molecule has 0 saturated carbocycles. The van der Waals surface area contributed by atoms with Crippen LogP contribution in [0.25, 0.3) is 0 Å². The molecular weight excluding hydrogens is 315 g/mol. The lowest BCUT2D eigenvalue weighted by Crippen LogP contribution is -2.37. The Hall–Kier alpha value is -2.34. The van der Waals surface area contributed by atoms with E-state index in [9.17, 15) is 14.6 Å². The lowest BCUT2D eigenvalue weighted by Gasteiger charge is -2.11. The molecule has 0 saturated heterocycles. The standard InChI is InChI=1S/C17H19FN2O2S/c18-14-4-1-12(2-5-14)7-9-19-17(23)20-10-8-13-3-6-15(21)16(22)11-13/h1-6,11,21-22H,7-10H2,(H2,19,20,23). The number of phenolic OH excluding ortho intramolecular Hbond substituents is 2. The second-order valence-electron chi connectivity index (χ2n) is 5.13. The Balaban J connectivity index is 1.65. The zero-order valence-corrected chi connectivity index (χ0v) is 13.4. The number of benzene rings is 2. The van der Waals surface area contributed by atoms with Gasteiger partial charge < -0.3 is 20.8 Å². The maximum absolute atomic E-state index is 12.8. The van der Waals surface area contributed by atoms with E-state index in [1.54, 1.807) is 18.2 Å². The van der Waals surface area contributed by atoms with Crippen LogP contribution in [0, 0.1) is 5.82 Å². The molecule has 0 radical (unpaired) electrons. The van der Waals surface area contributed by atoms with Gasteiger partial charge in [-0.15, -0.1) is 0 Å². The van der Waals surface area contributed by atoms with Crippen molar-refractivity contribution in [3.05, 3.63) is 59.4 Å². The predicted molar refractivity (Wildman–Crippen MR) is 92.2 cm³/mol. The molecule has 0 heterocycles. The second-order valence-corrected chi connectivity index (χ2v) is 5.54. The van der Waals surface area contributed by atoms with Crippen molar-refractivity contribution in [1.82, 2.24) is 10.6 Å². The lowest BCUT2D eigenvalue weighted by atomic mass is 10.1. The molecule has 0 bridgehead atoms. The molecule has 2 aromatic rings. The summed E-state index contributed by atoms with van der Waals surface area (Å²) in [4.78, 5) is 0. The lowest BCUT2D eigenvalue weighted by molar-refractivity contribution is 0.403. The SMILES string of the molecule is Oc1ccc(CCNC(=S)NCCc2ccc(F)cc2)cc1O. The van der Waals surface area contributed by atoms with Crippen molar-refractivity contribution < 1.29 is 14.6 Å². The van der Waals surface area contributed by atoms with Gasteiger partial charge in [-0.25, -0.2) is 4.39 Å². The first-order chi connectivity index (χ1) is 11.0. The Kier molecular flexibility index (Phi) is 6.17. The van der Waals surface area contributed by atoms with Crippen molar-refractivity contribution in [3.63, 3.8) is 0 Å². The van der Waals surface area contributed by atoms with E-state index in [0.29, 0.717) is 24.6 Å². The van der Waals surface area contributed by atoms with Crippen LogP contribution in [0.5, 0.6) is 11.5 Å². The molecule has 0 amide bonds. The molecule has 0 aliphatic heterocycles. The van der Waals surface area contributed by atoms with E-state index in [0.717, 1.165) is 17.5 Å². The van der Waals surface area contributed by atoms with Gasteiger partial charge in [-0.2, -0.15) is 0 Å². The van der Waals surface area contributed by atoms with Crippen LogP contribution >= 0.6 is 12.2 Å². The average Bonchev–Trinajstić information content (AvgIpc) is 2.53. The summed E-state index contributed by atoms with van der Waals surface area (Å²) < 4.78 is 12.8. The van der Waals surface area contributed by atoms with Crippen molar-refractivity contribution in [1.29, 1.82) is 0 Å². The van der Waals surface area contributed by atoms with Crippen LogP contribution in [-0.4, -0.2) is 28.4 Å². The van der Waals surface area contributed by atoms with Gasteiger partial charge in [-0.3, -0.25) is 0 Å². The highest BCUT2D eigenvalue weighted by Gasteiger charge is 2.01. The fourth-order valence-electron chi connectivity index (χ4n) is 2.08. The molecule has 0 aliphatic carbocycles. The van der Waals surface area contributed by atoms with E-state index in [1.807, 2.05) is 0 Å². The van der Waals surface area contributed by atoms with Crippen molar-refractivity contribution >= 4 is 17.3 Å². The highest BCUT2D eigenvalue weighted by Crippen LogP contribution is 2.24. The molecule has 0 aromatic heterocycles. The summed E-state index contributed by atoms with van der Waals surface area (Å²) in [6.07, 6.45) is 1.43. The molecule has 0 fully saturated rings. The quantitative estimate of drug-likeness (QED) is 0.483. The molecule has 6 heteroatoms. The monoisotopic (exact) mass is 334 g/mol. The van der Waals surface area contributed by atoms with E-state index in [2.05, 4.69) is 10.6 Å². The number of phenols is 2. The number of hydrogen-bond donors (Lipinski definition) is 4. The van der Waals surface area contributed by atoms with E-state index >= 15 is 0 Å². The minimum Gasteiger partial charge on any atom is -0.504 e. The zero-order valence-electron chi connectivity index (χ0n) is 12.6. The topological polar surface area (TPSA) is 64.5 Å². The Morgan fingerprint density at radius 1 is 0.870 bits per heavy atom. The number of aromatic hydroxyl groups is 2. The highest BCUT2D eigenvalue weighted by atomic mass is 32.1. The Bertz CT molecular complexity index is 662. The van der Waals surface area contributed by atoms with Gasteiger partial charge in [0.2, 0.25) is 0 Å². The molecule has 2 aromatic carbocycles. The van der Waals surface area contributed by atoms with E-state index in [4.69, 9.17) is 12.2 Å².